The maximum atomic E-state index is 12.1. The number of carbonyl (C=O) groups excluding carboxylic acids is 2. The van der Waals surface area contributed by atoms with Gasteiger partial charge in [-0.1, -0.05) is 39.7 Å². The summed E-state index contributed by atoms with van der Waals surface area (Å²) in [7, 11) is 0. The molecule has 20 heavy (non-hydrogen) atoms. The lowest BCUT2D eigenvalue weighted by atomic mass is 10.1. The SMILES string of the molecule is Cc1ccc2c(c1)C(=O)C(=O)N2Cc1ccc(Br)cc1. The van der Waals surface area contributed by atoms with Gasteiger partial charge < -0.3 is 4.90 Å². The van der Waals surface area contributed by atoms with Crippen LogP contribution in [0.2, 0.25) is 0 Å². The second-order valence-electron chi connectivity index (χ2n) is 4.87. The van der Waals surface area contributed by atoms with E-state index in [0.29, 0.717) is 17.8 Å². The van der Waals surface area contributed by atoms with Crippen LogP contribution >= 0.6 is 15.9 Å². The fraction of sp³-hybridized carbons (Fsp3) is 0.125. The molecule has 2 aromatic rings. The van der Waals surface area contributed by atoms with Crippen LogP contribution in [0.1, 0.15) is 21.5 Å². The Hall–Kier alpha value is -1.94. The highest BCUT2D eigenvalue weighted by molar-refractivity contribution is 9.10. The number of benzene rings is 2. The zero-order chi connectivity index (χ0) is 14.3. The topological polar surface area (TPSA) is 37.4 Å². The molecule has 4 heteroatoms. The summed E-state index contributed by atoms with van der Waals surface area (Å²) in [6.07, 6.45) is 0. The van der Waals surface area contributed by atoms with Gasteiger partial charge in [0.1, 0.15) is 0 Å². The molecule has 3 rings (SSSR count). The predicted molar refractivity (Wildman–Crippen MR) is 80.8 cm³/mol. The first-order valence-corrected chi connectivity index (χ1v) is 7.07. The van der Waals surface area contributed by atoms with E-state index < -0.39 is 11.7 Å². The Morgan fingerprint density at radius 2 is 1.75 bits per heavy atom. The van der Waals surface area contributed by atoms with Crippen LogP contribution in [-0.4, -0.2) is 11.7 Å². The molecule has 1 heterocycles. The van der Waals surface area contributed by atoms with Crippen LogP contribution in [0.3, 0.4) is 0 Å². The molecule has 0 aromatic heterocycles. The summed E-state index contributed by atoms with van der Waals surface area (Å²) < 4.78 is 0.987. The zero-order valence-corrected chi connectivity index (χ0v) is 12.5. The van der Waals surface area contributed by atoms with Gasteiger partial charge in [-0.05, 0) is 36.8 Å². The number of rotatable bonds is 2. The van der Waals surface area contributed by atoms with Crippen molar-refractivity contribution < 1.29 is 9.59 Å². The number of nitrogens with zero attached hydrogens (tertiary/aromatic N) is 1. The summed E-state index contributed by atoms with van der Waals surface area (Å²) in [5.41, 5.74) is 3.18. The van der Waals surface area contributed by atoms with Crippen LogP contribution in [0.15, 0.2) is 46.9 Å². The normalized spacial score (nSPS) is 13.8. The van der Waals surface area contributed by atoms with Gasteiger partial charge in [-0.15, -0.1) is 0 Å². The van der Waals surface area contributed by atoms with Crippen molar-refractivity contribution in [3.63, 3.8) is 0 Å². The van der Waals surface area contributed by atoms with E-state index in [1.807, 2.05) is 43.3 Å². The van der Waals surface area contributed by atoms with E-state index in [9.17, 15) is 9.59 Å². The van der Waals surface area contributed by atoms with Crippen molar-refractivity contribution in [1.82, 2.24) is 0 Å². The predicted octanol–water partition coefficient (Wildman–Crippen LogP) is 3.49. The third-order valence-corrected chi connectivity index (χ3v) is 3.91. The first-order valence-electron chi connectivity index (χ1n) is 6.27. The first kappa shape index (κ1) is 13.1. The Kier molecular flexibility index (Phi) is 3.18. The van der Waals surface area contributed by atoms with Gasteiger partial charge in [-0.25, -0.2) is 0 Å². The maximum absolute atomic E-state index is 12.1. The van der Waals surface area contributed by atoms with Gasteiger partial charge in [0.15, 0.2) is 0 Å². The summed E-state index contributed by atoms with van der Waals surface area (Å²) in [6, 6.07) is 13.3. The summed E-state index contributed by atoms with van der Waals surface area (Å²) >= 11 is 3.38. The first-order chi connectivity index (χ1) is 9.56. The number of fused-ring (bicyclic) bond motifs is 1. The van der Waals surface area contributed by atoms with Gasteiger partial charge in [0, 0.05) is 4.47 Å². The Morgan fingerprint density at radius 3 is 2.45 bits per heavy atom. The second-order valence-corrected chi connectivity index (χ2v) is 5.78. The van der Waals surface area contributed by atoms with Crippen LogP contribution in [0.4, 0.5) is 5.69 Å². The minimum atomic E-state index is -0.450. The van der Waals surface area contributed by atoms with Crippen molar-refractivity contribution in [2.75, 3.05) is 4.90 Å². The van der Waals surface area contributed by atoms with Crippen LogP contribution in [0.25, 0.3) is 0 Å². The summed E-state index contributed by atoms with van der Waals surface area (Å²) in [5, 5.41) is 0. The van der Waals surface area contributed by atoms with E-state index in [1.165, 1.54) is 0 Å². The van der Waals surface area contributed by atoms with Gasteiger partial charge in [-0.3, -0.25) is 9.59 Å². The molecule has 0 radical (unpaired) electrons. The molecule has 0 atom stereocenters. The molecule has 0 saturated heterocycles. The van der Waals surface area contributed by atoms with Crippen molar-refractivity contribution in [3.05, 3.63) is 63.6 Å². The van der Waals surface area contributed by atoms with Crippen LogP contribution in [0, 0.1) is 6.92 Å². The second kappa shape index (κ2) is 4.87. The van der Waals surface area contributed by atoms with Crippen LogP contribution in [0.5, 0.6) is 0 Å². The number of carbonyl (C=O) groups is 2. The molecule has 0 bridgehead atoms. The van der Waals surface area contributed by atoms with E-state index in [0.717, 1.165) is 15.6 Å². The zero-order valence-electron chi connectivity index (χ0n) is 10.9. The van der Waals surface area contributed by atoms with Crippen molar-refractivity contribution in [3.8, 4) is 0 Å². The quantitative estimate of drug-likeness (QED) is 0.791. The lowest BCUT2D eigenvalue weighted by Gasteiger charge is -2.16. The van der Waals surface area contributed by atoms with Gasteiger partial charge in [0.25, 0.3) is 11.7 Å². The molecule has 1 aliphatic heterocycles. The third-order valence-electron chi connectivity index (χ3n) is 3.38. The number of hydrogen-bond acceptors (Lipinski definition) is 2. The smallest absolute Gasteiger partial charge is 0.299 e. The van der Waals surface area contributed by atoms with Gasteiger partial charge >= 0.3 is 0 Å². The largest absolute Gasteiger partial charge is 0.300 e. The van der Waals surface area contributed by atoms with E-state index >= 15 is 0 Å². The molecule has 2 aromatic carbocycles. The Morgan fingerprint density at radius 1 is 1.05 bits per heavy atom. The number of Topliss-reactive ketones (excluding diaryl/α,β-unsaturated/α-hetero) is 1. The third kappa shape index (κ3) is 2.16. The maximum Gasteiger partial charge on any atom is 0.299 e. The number of aryl methyl sites for hydroxylation is 1. The fourth-order valence-corrected chi connectivity index (χ4v) is 2.61. The molecule has 3 nitrogen and oxygen atoms in total. The monoisotopic (exact) mass is 329 g/mol. The summed E-state index contributed by atoms with van der Waals surface area (Å²) in [6.45, 7) is 2.32. The molecular formula is C16H12BrNO2. The Labute approximate surface area is 125 Å². The van der Waals surface area contributed by atoms with E-state index in [2.05, 4.69) is 15.9 Å². The summed E-state index contributed by atoms with van der Waals surface area (Å²) in [5.74, 6) is -0.866. The van der Waals surface area contributed by atoms with Gasteiger partial charge in [0.05, 0.1) is 17.8 Å². The van der Waals surface area contributed by atoms with Crippen molar-refractivity contribution in [2.24, 2.45) is 0 Å². The highest BCUT2D eigenvalue weighted by Gasteiger charge is 2.35. The van der Waals surface area contributed by atoms with Crippen molar-refractivity contribution >= 4 is 33.3 Å². The van der Waals surface area contributed by atoms with E-state index in [4.69, 9.17) is 0 Å². The lowest BCUT2D eigenvalue weighted by Crippen LogP contribution is -2.29. The minimum absolute atomic E-state index is 0.411. The molecule has 1 aliphatic rings. The number of ketones is 1. The minimum Gasteiger partial charge on any atom is -0.300 e. The summed E-state index contributed by atoms with van der Waals surface area (Å²) in [4.78, 5) is 25.7. The van der Waals surface area contributed by atoms with Crippen molar-refractivity contribution in [1.29, 1.82) is 0 Å². The molecule has 0 N–H and O–H groups in total. The van der Waals surface area contributed by atoms with Crippen LogP contribution in [-0.2, 0) is 11.3 Å². The number of halogens is 1. The van der Waals surface area contributed by atoms with E-state index in [1.54, 1.807) is 11.0 Å². The molecule has 0 saturated carbocycles. The van der Waals surface area contributed by atoms with Crippen molar-refractivity contribution in [2.45, 2.75) is 13.5 Å². The van der Waals surface area contributed by atoms with Gasteiger partial charge in [0.2, 0.25) is 0 Å². The van der Waals surface area contributed by atoms with Gasteiger partial charge in [-0.2, -0.15) is 0 Å². The molecule has 0 unspecified atom stereocenters. The molecule has 0 fully saturated rings. The van der Waals surface area contributed by atoms with Crippen LogP contribution < -0.4 is 4.90 Å². The number of anilines is 1. The molecule has 100 valence electrons. The highest BCUT2D eigenvalue weighted by atomic mass is 79.9. The number of amides is 1. The molecule has 0 aliphatic carbocycles. The lowest BCUT2D eigenvalue weighted by molar-refractivity contribution is -0.114. The standard InChI is InChI=1S/C16H12BrNO2/c1-10-2-7-14-13(8-10)15(19)16(20)18(14)9-11-3-5-12(17)6-4-11/h2-8H,9H2,1H3. The Balaban J connectivity index is 1.97. The average molecular weight is 330 g/mol. The average Bonchev–Trinajstić information content (AvgIpc) is 2.66. The molecule has 1 amide bonds. The fourth-order valence-electron chi connectivity index (χ4n) is 2.34. The highest BCUT2D eigenvalue weighted by Crippen LogP contribution is 2.31. The Bertz CT molecular complexity index is 707. The number of hydrogen-bond donors (Lipinski definition) is 0. The van der Waals surface area contributed by atoms with E-state index in [-0.39, 0.29) is 0 Å². The molecular weight excluding hydrogens is 318 g/mol. The molecule has 0 spiro atoms.